The van der Waals surface area contributed by atoms with E-state index in [1.54, 1.807) is 0 Å². The van der Waals surface area contributed by atoms with E-state index in [-0.39, 0.29) is 6.10 Å². The lowest BCUT2D eigenvalue weighted by Crippen LogP contribution is -2.44. The third kappa shape index (κ3) is 2.38. The summed E-state index contributed by atoms with van der Waals surface area (Å²) < 4.78 is 5.76. The van der Waals surface area contributed by atoms with Gasteiger partial charge in [0.05, 0.1) is 17.6 Å². The van der Waals surface area contributed by atoms with Crippen molar-refractivity contribution >= 4 is 5.97 Å². The molecule has 2 unspecified atom stereocenters. The van der Waals surface area contributed by atoms with E-state index in [0.717, 1.165) is 38.8 Å². The topological polar surface area (TPSA) is 58.6 Å². The molecule has 0 spiro atoms. The molecule has 0 aromatic rings. The normalized spacial score (nSPS) is 33.8. The van der Waals surface area contributed by atoms with Crippen LogP contribution in [0.4, 0.5) is 0 Å². The molecular formula is C12H21NO3. The molecule has 0 aromatic heterocycles. The predicted octanol–water partition coefficient (Wildman–Crippen LogP) is 1.40. The molecule has 0 aromatic carbocycles. The predicted molar refractivity (Wildman–Crippen MR) is 60.4 cm³/mol. The Morgan fingerprint density at radius 3 is 2.62 bits per heavy atom. The molecule has 92 valence electrons. The minimum absolute atomic E-state index is 0.157. The number of hydrogen-bond acceptors (Lipinski definition) is 3. The lowest BCUT2D eigenvalue weighted by molar-refractivity contribution is -0.153. The van der Waals surface area contributed by atoms with E-state index in [1.807, 2.05) is 0 Å². The molecule has 0 bridgehead atoms. The highest BCUT2D eigenvalue weighted by molar-refractivity contribution is 5.74. The van der Waals surface area contributed by atoms with Gasteiger partial charge in [-0.25, -0.2) is 0 Å². The van der Waals surface area contributed by atoms with Gasteiger partial charge in [0.1, 0.15) is 0 Å². The van der Waals surface area contributed by atoms with Gasteiger partial charge in [0, 0.05) is 0 Å². The molecule has 0 radical (unpaired) electrons. The van der Waals surface area contributed by atoms with Crippen LogP contribution in [0.5, 0.6) is 0 Å². The third-order valence-electron chi connectivity index (χ3n) is 3.95. The molecule has 2 aliphatic heterocycles. The van der Waals surface area contributed by atoms with Gasteiger partial charge in [-0.15, -0.1) is 0 Å². The summed E-state index contributed by atoms with van der Waals surface area (Å²) in [5, 5.41) is 12.7. The quantitative estimate of drug-likeness (QED) is 0.765. The maximum absolute atomic E-state index is 11.5. The van der Waals surface area contributed by atoms with Crippen molar-refractivity contribution in [2.75, 3.05) is 13.1 Å². The average molecular weight is 227 g/mol. The average Bonchev–Trinajstić information content (AvgIpc) is 2.65. The highest BCUT2D eigenvalue weighted by Crippen LogP contribution is 2.38. The highest BCUT2D eigenvalue weighted by atomic mass is 16.5. The van der Waals surface area contributed by atoms with Gasteiger partial charge in [-0.3, -0.25) is 4.79 Å². The van der Waals surface area contributed by atoms with Crippen molar-refractivity contribution in [2.45, 2.75) is 51.2 Å². The maximum atomic E-state index is 11.5. The summed E-state index contributed by atoms with van der Waals surface area (Å²) in [5.41, 5.74) is -0.542. The second-order valence-corrected chi connectivity index (χ2v) is 5.19. The van der Waals surface area contributed by atoms with E-state index in [4.69, 9.17) is 4.74 Å². The maximum Gasteiger partial charge on any atom is 0.309 e. The fourth-order valence-corrected chi connectivity index (χ4v) is 2.88. The van der Waals surface area contributed by atoms with Crippen molar-refractivity contribution in [1.29, 1.82) is 0 Å². The van der Waals surface area contributed by atoms with E-state index in [2.05, 4.69) is 12.2 Å². The van der Waals surface area contributed by atoms with E-state index < -0.39 is 11.4 Å². The van der Waals surface area contributed by atoms with E-state index in [9.17, 15) is 9.90 Å². The molecule has 2 saturated heterocycles. The number of carbonyl (C=O) groups is 1. The SMILES string of the molecule is CC1CCC(CC2(C(=O)O)CCNCC2)O1. The van der Waals surface area contributed by atoms with Crippen LogP contribution in [0, 0.1) is 5.41 Å². The summed E-state index contributed by atoms with van der Waals surface area (Å²) >= 11 is 0. The smallest absolute Gasteiger partial charge is 0.309 e. The number of carboxylic acids is 1. The second-order valence-electron chi connectivity index (χ2n) is 5.19. The first-order valence-corrected chi connectivity index (χ1v) is 6.22. The zero-order chi connectivity index (χ0) is 11.6. The van der Waals surface area contributed by atoms with E-state index in [1.165, 1.54) is 0 Å². The lowest BCUT2D eigenvalue weighted by atomic mass is 9.74. The van der Waals surface area contributed by atoms with E-state index >= 15 is 0 Å². The van der Waals surface area contributed by atoms with Gasteiger partial charge in [0.25, 0.3) is 0 Å². The summed E-state index contributed by atoms with van der Waals surface area (Å²) in [6.07, 6.45) is 4.70. The Morgan fingerprint density at radius 1 is 1.44 bits per heavy atom. The number of carboxylic acid groups (broad SMARTS) is 1. The molecule has 0 amide bonds. The van der Waals surface area contributed by atoms with Crippen LogP contribution in [0.3, 0.4) is 0 Å². The molecular weight excluding hydrogens is 206 g/mol. The van der Waals surface area contributed by atoms with Crippen molar-refractivity contribution in [1.82, 2.24) is 5.32 Å². The number of piperidine rings is 1. The van der Waals surface area contributed by atoms with Gasteiger partial charge in [0.15, 0.2) is 0 Å². The van der Waals surface area contributed by atoms with Crippen LogP contribution in [0.15, 0.2) is 0 Å². The molecule has 4 heteroatoms. The van der Waals surface area contributed by atoms with Gasteiger partial charge >= 0.3 is 5.97 Å². The Kier molecular flexibility index (Phi) is 3.50. The van der Waals surface area contributed by atoms with Gasteiger partial charge < -0.3 is 15.2 Å². The Bertz CT molecular complexity index is 261. The number of aliphatic carboxylic acids is 1. The summed E-state index contributed by atoms with van der Waals surface area (Å²) in [5.74, 6) is -0.642. The minimum atomic E-state index is -0.642. The summed E-state index contributed by atoms with van der Waals surface area (Å²) in [7, 11) is 0. The molecule has 0 aliphatic carbocycles. The standard InChI is InChI=1S/C12H21NO3/c1-9-2-3-10(16-9)8-12(11(14)15)4-6-13-7-5-12/h9-10,13H,2-8H2,1H3,(H,14,15). The first-order chi connectivity index (χ1) is 7.62. The minimum Gasteiger partial charge on any atom is -0.481 e. The first-order valence-electron chi connectivity index (χ1n) is 6.22. The van der Waals surface area contributed by atoms with Gasteiger partial charge in [-0.2, -0.15) is 0 Å². The molecule has 2 heterocycles. The van der Waals surface area contributed by atoms with Crippen molar-refractivity contribution in [3.05, 3.63) is 0 Å². The van der Waals surface area contributed by atoms with Crippen molar-refractivity contribution in [2.24, 2.45) is 5.41 Å². The molecule has 2 atom stereocenters. The number of hydrogen-bond donors (Lipinski definition) is 2. The van der Waals surface area contributed by atoms with Crippen LogP contribution < -0.4 is 5.32 Å². The molecule has 2 aliphatic rings. The Balaban J connectivity index is 1.99. The Hall–Kier alpha value is -0.610. The van der Waals surface area contributed by atoms with E-state index in [0.29, 0.717) is 12.5 Å². The number of rotatable bonds is 3. The zero-order valence-electron chi connectivity index (χ0n) is 9.87. The second kappa shape index (κ2) is 4.72. The van der Waals surface area contributed by atoms with Crippen molar-refractivity contribution < 1.29 is 14.6 Å². The highest BCUT2D eigenvalue weighted by Gasteiger charge is 2.42. The zero-order valence-corrected chi connectivity index (χ0v) is 9.87. The number of ether oxygens (including phenoxy) is 1. The van der Waals surface area contributed by atoms with Gasteiger partial charge in [-0.1, -0.05) is 0 Å². The Morgan fingerprint density at radius 2 is 2.12 bits per heavy atom. The third-order valence-corrected chi connectivity index (χ3v) is 3.95. The first kappa shape index (κ1) is 11.9. The monoisotopic (exact) mass is 227 g/mol. The molecule has 4 nitrogen and oxygen atoms in total. The van der Waals surface area contributed by atoms with Crippen LogP contribution in [-0.2, 0) is 9.53 Å². The Labute approximate surface area is 96.4 Å². The molecule has 0 saturated carbocycles. The largest absolute Gasteiger partial charge is 0.481 e. The summed E-state index contributed by atoms with van der Waals surface area (Å²) in [4.78, 5) is 11.5. The molecule has 2 fully saturated rings. The van der Waals surface area contributed by atoms with Crippen LogP contribution >= 0.6 is 0 Å². The van der Waals surface area contributed by atoms with Crippen LogP contribution in [0.1, 0.15) is 39.0 Å². The van der Waals surface area contributed by atoms with Crippen molar-refractivity contribution in [3.8, 4) is 0 Å². The molecule has 16 heavy (non-hydrogen) atoms. The van der Waals surface area contributed by atoms with Gasteiger partial charge in [0.2, 0.25) is 0 Å². The summed E-state index contributed by atoms with van der Waals surface area (Å²) in [6, 6.07) is 0. The van der Waals surface area contributed by atoms with Crippen LogP contribution in [0.25, 0.3) is 0 Å². The molecule has 2 N–H and O–H groups in total. The lowest BCUT2D eigenvalue weighted by Gasteiger charge is -2.35. The van der Waals surface area contributed by atoms with Crippen molar-refractivity contribution in [3.63, 3.8) is 0 Å². The fraction of sp³-hybridized carbons (Fsp3) is 0.917. The number of nitrogens with one attached hydrogen (secondary N) is 1. The fourth-order valence-electron chi connectivity index (χ4n) is 2.88. The summed E-state index contributed by atoms with van der Waals surface area (Å²) in [6.45, 7) is 3.69. The van der Waals surface area contributed by atoms with Crippen LogP contribution in [0.2, 0.25) is 0 Å². The van der Waals surface area contributed by atoms with Crippen LogP contribution in [-0.4, -0.2) is 36.4 Å². The van der Waals surface area contributed by atoms with Gasteiger partial charge in [-0.05, 0) is 52.1 Å². The molecule has 2 rings (SSSR count).